The van der Waals surface area contributed by atoms with Crippen molar-refractivity contribution in [1.82, 2.24) is 4.31 Å². The molecule has 0 aromatic carbocycles. The van der Waals surface area contributed by atoms with E-state index in [0.29, 0.717) is 0 Å². The van der Waals surface area contributed by atoms with Gasteiger partial charge in [0.1, 0.15) is 0 Å². The number of hydrogen-bond donors (Lipinski definition) is 1. The molecule has 0 spiro atoms. The summed E-state index contributed by atoms with van der Waals surface area (Å²) in [6, 6.07) is 0. The van der Waals surface area contributed by atoms with Crippen LogP contribution in [0.5, 0.6) is 0 Å². The van der Waals surface area contributed by atoms with E-state index in [1.807, 2.05) is 27.7 Å². The van der Waals surface area contributed by atoms with E-state index in [0.717, 1.165) is 19.3 Å². The summed E-state index contributed by atoms with van der Waals surface area (Å²) < 4.78 is 24.5. The minimum absolute atomic E-state index is 0.366. The van der Waals surface area contributed by atoms with Crippen molar-refractivity contribution in [2.45, 2.75) is 58.0 Å². The second kappa shape index (κ2) is 3.18. The molecule has 1 rings (SSSR count). The topological polar surface area (TPSA) is 63.4 Å². The van der Waals surface area contributed by atoms with Gasteiger partial charge in [-0.25, -0.2) is 5.14 Å². The Hall–Kier alpha value is -0.130. The van der Waals surface area contributed by atoms with E-state index in [2.05, 4.69) is 0 Å². The van der Waals surface area contributed by atoms with E-state index in [9.17, 15) is 8.42 Å². The third-order valence-corrected chi connectivity index (χ3v) is 4.43. The highest BCUT2D eigenvalue weighted by Crippen LogP contribution is 2.39. The Morgan fingerprint density at radius 2 is 1.43 bits per heavy atom. The minimum Gasteiger partial charge on any atom is -0.216 e. The molecule has 14 heavy (non-hydrogen) atoms. The van der Waals surface area contributed by atoms with Gasteiger partial charge in [-0.3, -0.25) is 0 Å². The van der Waals surface area contributed by atoms with Crippen LogP contribution in [-0.2, 0) is 10.2 Å². The molecule has 0 aromatic heterocycles. The van der Waals surface area contributed by atoms with Crippen LogP contribution < -0.4 is 5.14 Å². The highest BCUT2D eigenvalue weighted by molar-refractivity contribution is 7.86. The summed E-state index contributed by atoms with van der Waals surface area (Å²) in [4.78, 5) is 0. The lowest BCUT2D eigenvalue weighted by Gasteiger charge is -2.50. The minimum atomic E-state index is -3.61. The maximum absolute atomic E-state index is 11.5. The van der Waals surface area contributed by atoms with Gasteiger partial charge in [0.15, 0.2) is 0 Å². The highest BCUT2D eigenvalue weighted by atomic mass is 32.2. The fourth-order valence-corrected chi connectivity index (χ4v) is 4.23. The summed E-state index contributed by atoms with van der Waals surface area (Å²) in [5.74, 6) is 0. The van der Waals surface area contributed by atoms with Gasteiger partial charge in [-0.1, -0.05) is 0 Å². The molecule has 0 unspecified atom stereocenters. The predicted octanol–water partition coefficient (Wildman–Crippen LogP) is 1.23. The van der Waals surface area contributed by atoms with Gasteiger partial charge in [0.25, 0.3) is 10.2 Å². The molecule has 4 nitrogen and oxygen atoms in total. The summed E-state index contributed by atoms with van der Waals surface area (Å²) in [6.45, 7) is 7.72. The van der Waals surface area contributed by atoms with Crippen LogP contribution in [0.2, 0.25) is 0 Å². The second-order valence-corrected chi connectivity index (χ2v) is 6.68. The van der Waals surface area contributed by atoms with Gasteiger partial charge in [-0.05, 0) is 47.0 Å². The van der Waals surface area contributed by atoms with Gasteiger partial charge in [0.2, 0.25) is 0 Å². The van der Waals surface area contributed by atoms with E-state index in [4.69, 9.17) is 5.14 Å². The Labute approximate surface area is 86.6 Å². The first-order chi connectivity index (χ1) is 6.07. The van der Waals surface area contributed by atoms with E-state index >= 15 is 0 Å². The van der Waals surface area contributed by atoms with Crippen molar-refractivity contribution in [1.29, 1.82) is 0 Å². The SMILES string of the molecule is CC1(C)CCCC(C)(C)N1S(N)(=O)=O. The third-order valence-electron chi connectivity index (χ3n) is 2.93. The van der Waals surface area contributed by atoms with Crippen LogP contribution >= 0.6 is 0 Å². The summed E-state index contributed by atoms with van der Waals surface area (Å²) >= 11 is 0. The Balaban J connectivity index is 3.17. The predicted molar refractivity (Wildman–Crippen MR) is 57.0 cm³/mol. The first kappa shape index (κ1) is 11.9. The normalized spacial score (nSPS) is 27.5. The summed E-state index contributed by atoms with van der Waals surface area (Å²) in [5.41, 5.74) is -0.731. The van der Waals surface area contributed by atoms with Crippen molar-refractivity contribution in [2.75, 3.05) is 0 Å². The monoisotopic (exact) mass is 220 g/mol. The number of rotatable bonds is 1. The Morgan fingerprint density at radius 1 is 1.07 bits per heavy atom. The molecule has 1 heterocycles. The van der Waals surface area contributed by atoms with E-state index in [1.165, 1.54) is 4.31 Å². The molecule has 1 saturated heterocycles. The molecule has 1 aliphatic heterocycles. The van der Waals surface area contributed by atoms with Crippen molar-refractivity contribution in [2.24, 2.45) is 5.14 Å². The summed E-state index contributed by atoms with van der Waals surface area (Å²) in [6.07, 6.45) is 2.78. The number of hydrogen-bond acceptors (Lipinski definition) is 2. The Morgan fingerprint density at radius 3 is 1.64 bits per heavy atom. The van der Waals surface area contributed by atoms with Crippen LogP contribution in [0.1, 0.15) is 47.0 Å². The quantitative estimate of drug-likeness (QED) is 0.722. The zero-order valence-electron chi connectivity index (χ0n) is 9.37. The zero-order valence-corrected chi connectivity index (χ0v) is 10.2. The molecule has 1 fully saturated rings. The maximum atomic E-state index is 11.5. The number of nitrogens with zero attached hydrogens (tertiary/aromatic N) is 1. The van der Waals surface area contributed by atoms with Gasteiger partial charge < -0.3 is 0 Å². The summed E-state index contributed by atoms with van der Waals surface area (Å²) in [7, 11) is -3.61. The van der Waals surface area contributed by atoms with E-state index in [-0.39, 0.29) is 11.1 Å². The molecular weight excluding hydrogens is 200 g/mol. The first-order valence-corrected chi connectivity index (χ1v) is 6.41. The fourth-order valence-electron chi connectivity index (χ4n) is 2.66. The summed E-state index contributed by atoms with van der Waals surface area (Å²) in [5, 5.41) is 5.26. The van der Waals surface area contributed by atoms with Crippen LogP contribution in [0.3, 0.4) is 0 Å². The molecule has 0 aromatic rings. The Kier molecular flexibility index (Phi) is 2.71. The lowest BCUT2D eigenvalue weighted by atomic mass is 9.83. The molecular formula is C9H20N2O2S. The smallest absolute Gasteiger partial charge is 0.216 e. The average molecular weight is 220 g/mol. The van der Waals surface area contributed by atoms with Gasteiger partial charge in [-0.2, -0.15) is 12.7 Å². The molecule has 0 atom stereocenters. The molecule has 0 bridgehead atoms. The molecule has 0 saturated carbocycles. The first-order valence-electron chi connectivity index (χ1n) is 4.91. The van der Waals surface area contributed by atoms with E-state index < -0.39 is 10.2 Å². The largest absolute Gasteiger partial charge is 0.277 e. The van der Waals surface area contributed by atoms with Crippen molar-refractivity contribution in [3.05, 3.63) is 0 Å². The van der Waals surface area contributed by atoms with Crippen molar-refractivity contribution < 1.29 is 8.42 Å². The molecule has 0 radical (unpaired) electrons. The van der Waals surface area contributed by atoms with Crippen LogP contribution in [0.25, 0.3) is 0 Å². The Bertz CT molecular complexity index is 304. The maximum Gasteiger partial charge on any atom is 0.277 e. The van der Waals surface area contributed by atoms with Gasteiger partial charge in [0, 0.05) is 11.1 Å². The fraction of sp³-hybridized carbons (Fsp3) is 1.00. The molecule has 2 N–H and O–H groups in total. The molecule has 1 aliphatic rings. The molecule has 0 amide bonds. The lowest BCUT2D eigenvalue weighted by Crippen LogP contribution is -2.62. The van der Waals surface area contributed by atoms with Gasteiger partial charge in [-0.15, -0.1) is 0 Å². The standard InChI is InChI=1S/C9H20N2O2S/c1-8(2)6-5-7-9(3,4)11(8)14(10,12)13/h5-7H2,1-4H3,(H2,10,12,13). The van der Waals surface area contributed by atoms with Crippen LogP contribution in [0.4, 0.5) is 0 Å². The second-order valence-electron chi connectivity index (χ2n) is 5.29. The average Bonchev–Trinajstić information content (AvgIpc) is 1.76. The molecule has 84 valence electrons. The number of nitrogens with two attached hydrogens (primary N) is 1. The van der Waals surface area contributed by atoms with Crippen LogP contribution in [-0.4, -0.2) is 23.8 Å². The third kappa shape index (κ3) is 2.10. The van der Waals surface area contributed by atoms with E-state index in [1.54, 1.807) is 0 Å². The highest BCUT2D eigenvalue weighted by Gasteiger charge is 2.46. The van der Waals surface area contributed by atoms with Gasteiger partial charge >= 0.3 is 0 Å². The molecule has 5 heteroatoms. The number of piperidine rings is 1. The van der Waals surface area contributed by atoms with Crippen molar-refractivity contribution in [3.63, 3.8) is 0 Å². The van der Waals surface area contributed by atoms with Crippen LogP contribution in [0.15, 0.2) is 0 Å². The van der Waals surface area contributed by atoms with Crippen molar-refractivity contribution >= 4 is 10.2 Å². The van der Waals surface area contributed by atoms with Crippen LogP contribution in [0, 0.1) is 0 Å². The molecule has 0 aliphatic carbocycles. The lowest BCUT2D eigenvalue weighted by molar-refractivity contribution is 0.0559. The zero-order chi connectivity index (χ0) is 11.2. The van der Waals surface area contributed by atoms with Crippen molar-refractivity contribution in [3.8, 4) is 0 Å². The van der Waals surface area contributed by atoms with Gasteiger partial charge in [0.05, 0.1) is 0 Å².